The highest BCUT2D eigenvalue weighted by Gasteiger charge is 2.34. The number of likely N-dealkylation sites (tertiary alicyclic amines) is 2. The Hall–Kier alpha value is -2.62. The number of hydrogen-bond acceptors (Lipinski definition) is 5. The minimum atomic E-state index is -3.40. The average molecular weight is 547 g/mol. The molecule has 0 saturated carbocycles. The molecule has 2 aliphatic heterocycles. The number of para-hydroxylation sites is 1. The summed E-state index contributed by atoms with van der Waals surface area (Å²) in [5, 5.41) is 3.67. The van der Waals surface area contributed by atoms with E-state index in [2.05, 4.69) is 10.0 Å². The zero-order valence-corrected chi connectivity index (χ0v) is 22.9. The van der Waals surface area contributed by atoms with E-state index in [0.717, 1.165) is 36.8 Å². The van der Waals surface area contributed by atoms with Gasteiger partial charge in [-0.25, -0.2) is 8.42 Å². The molecule has 8 nitrogen and oxygen atoms in total. The fourth-order valence-electron chi connectivity index (χ4n) is 5.34. The lowest BCUT2D eigenvalue weighted by atomic mass is 9.88. The molecule has 4 rings (SSSR count). The van der Waals surface area contributed by atoms with Crippen LogP contribution in [-0.2, 0) is 26.0 Å². The number of benzene rings is 2. The van der Waals surface area contributed by atoms with E-state index in [1.165, 1.54) is 0 Å². The Balaban J connectivity index is 1.46. The summed E-state index contributed by atoms with van der Waals surface area (Å²) in [5.74, 6) is -0.0705. The normalized spacial score (nSPS) is 20.0. The van der Waals surface area contributed by atoms with Gasteiger partial charge >= 0.3 is 0 Å². The summed E-state index contributed by atoms with van der Waals surface area (Å²) in [5.41, 5.74) is 2.46. The molecule has 10 heteroatoms. The highest BCUT2D eigenvalue weighted by molar-refractivity contribution is 7.92. The summed E-state index contributed by atoms with van der Waals surface area (Å²) in [6.45, 7) is 1.94. The van der Waals surface area contributed by atoms with E-state index >= 15 is 0 Å². The van der Waals surface area contributed by atoms with E-state index in [0.29, 0.717) is 43.1 Å². The topological polar surface area (TPSA) is 98.8 Å². The van der Waals surface area contributed by atoms with Gasteiger partial charge in [-0.05, 0) is 74.5 Å². The summed E-state index contributed by atoms with van der Waals surface area (Å²) in [6.07, 6.45) is 4.70. The third-order valence-electron chi connectivity index (χ3n) is 7.29. The minimum Gasteiger partial charge on any atom is -0.343 e. The quantitative estimate of drug-likeness (QED) is 0.529. The third-order valence-corrected chi connectivity index (χ3v) is 8.14. The van der Waals surface area contributed by atoms with E-state index in [9.17, 15) is 18.0 Å². The van der Waals surface area contributed by atoms with Gasteiger partial charge in [0.2, 0.25) is 21.8 Å². The van der Waals surface area contributed by atoms with Gasteiger partial charge in [-0.1, -0.05) is 41.9 Å². The maximum atomic E-state index is 13.7. The van der Waals surface area contributed by atoms with Crippen LogP contribution in [0.1, 0.15) is 42.7 Å². The number of carbonyl (C=O) groups excluding carboxylic acids is 2. The van der Waals surface area contributed by atoms with Crippen LogP contribution in [0.5, 0.6) is 0 Å². The number of halogens is 1. The molecule has 0 bridgehead atoms. The molecule has 0 unspecified atom stereocenters. The van der Waals surface area contributed by atoms with Crippen molar-refractivity contribution in [2.24, 2.45) is 0 Å². The Bertz CT molecular complexity index is 1210. The number of amides is 2. The van der Waals surface area contributed by atoms with Crippen molar-refractivity contribution in [1.29, 1.82) is 0 Å². The second-order valence-electron chi connectivity index (χ2n) is 10.1. The minimum absolute atomic E-state index is 0.0926. The first-order valence-electron chi connectivity index (χ1n) is 12.7. The first-order valence-corrected chi connectivity index (χ1v) is 15.0. The summed E-state index contributed by atoms with van der Waals surface area (Å²) >= 11 is 6.04. The van der Waals surface area contributed by atoms with Crippen molar-refractivity contribution < 1.29 is 18.0 Å². The number of anilines is 1. The van der Waals surface area contributed by atoms with Crippen LogP contribution in [0.2, 0.25) is 5.02 Å². The maximum absolute atomic E-state index is 13.7. The highest BCUT2D eigenvalue weighted by atomic mass is 35.5. The fraction of sp³-hybridized carbons (Fsp3) is 0.481. The first kappa shape index (κ1) is 27.4. The second kappa shape index (κ2) is 11.8. The van der Waals surface area contributed by atoms with Crippen LogP contribution >= 0.6 is 11.6 Å². The monoisotopic (exact) mass is 546 g/mol. The van der Waals surface area contributed by atoms with Gasteiger partial charge < -0.3 is 10.2 Å². The molecule has 2 aromatic rings. The Labute approximate surface area is 224 Å². The van der Waals surface area contributed by atoms with Crippen LogP contribution < -0.4 is 10.0 Å². The molecule has 0 aromatic heterocycles. The van der Waals surface area contributed by atoms with E-state index in [1.807, 2.05) is 47.2 Å². The summed E-state index contributed by atoms with van der Waals surface area (Å²) in [7, 11) is -1.46. The van der Waals surface area contributed by atoms with Crippen LogP contribution in [0.4, 0.5) is 5.69 Å². The van der Waals surface area contributed by atoms with Gasteiger partial charge in [0, 0.05) is 24.5 Å². The molecule has 2 aliphatic rings. The zero-order valence-electron chi connectivity index (χ0n) is 21.3. The smallest absolute Gasteiger partial charge is 0.245 e. The van der Waals surface area contributed by atoms with E-state index < -0.39 is 16.1 Å². The average Bonchev–Trinajstić information content (AvgIpc) is 3.30. The van der Waals surface area contributed by atoms with Gasteiger partial charge in [0.25, 0.3) is 0 Å². The van der Waals surface area contributed by atoms with E-state index in [-0.39, 0.29) is 23.8 Å². The molecule has 0 radical (unpaired) electrons. The summed E-state index contributed by atoms with van der Waals surface area (Å²) < 4.78 is 26.2. The van der Waals surface area contributed by atoms with Crippen LogP contribution in [0, 0.1) is 0 Å². The first-order chi connectivity index (χ1) is 17.6. The van der Waals surface area contributed by atoms with Crippen molar-refractivity contribution in [1.82, 2.24) is 15.1 Å². The van der Waals surface area contributed by atoms with Crippen LogP contribution in [0.15, 0.2) is 48.5 Å². The van der Waals surface area contributed by atoms with Gasteiger partial charge in [-0.3, -0.25) is 19.2 Å². The molecule has 2 aromatic carbocycles. The van der Waals surface area contributed by atoms with Crippen LogP contribution in [-0.4, -0.2) is 75.1 Å². The number of nitrogens with one attached hydrogen (secondary N) is 2. The number of nitrogens with zero attached hydrogens (tertiary/aromatic N) is 2. The Kier molecular flexibility index (Phi) is 8.77. The van der Waals surface area contributed by atoms with Crippen molar-refractivity contribution in [3.63, 3.8) is 0 Å². The van der Waals surface area contributed by atoms with Crippen LogP contribution in [0.3, 0.4) is 0 Å². The summed E-state index contributed by atoms with van der Waals surface area (Å²) in [4.78, 5) is 30.6. The molecular weight excluding hydrogens is 512 g/mol. The number of carbonyl (C=O) groups is 2. The van der Waals surface area contributed by atoms with Gasteiger partial charge in [-0.15, -0.1) is 0 Å². The zero-order chi connectivity index (χ0) is 26.6. The number of hydrogen-bond donors (Lipinski definition) is 2. The second-order valence-corrected chi connectivity index (χ2v) is 12.3. The molecule has 2 saturated heterocycles. The third kappa shape index (κ3) is 7.24. The van der Waals surface area contributed by atoms with Gasteiger partial charge in [0.15, 0.2) is 0 Å². The Morgan fingerprint density at radius 2 is 1.70 bits per heavy atom. The largest absolute Gasteiger partial charge is 0.343 e. The van der Waals surface area contributed by atoms with E-state index in [4.69, 9.17) is 11.6 Å². The molecule has 2 heterocycles. The molecule has 200 valence electrons. The maximum Gasteiger partial charge on any atom is 0.245 e. The van der Waals surface area contributed by atoms with Crippen molar-refractivity contribution in [3.05, 3.63) is 64.7 Å². The number of piperidine rings is 1. The van der Waals surface area contributed by atoms with Crippen molar-refractivity contribution in [2.75, 3.05) is 37.7 Å². The number of rotatable bonds is 8. The lowest BCUT2D eigenvalue weighted by Crippen LogP contribution is -2.54. The molecule has 2 N–H and O–H groups in total. The molecule has 0 aliphatic carbocycles. The fourth-order valence-corrected chi connectivity index (χ4v) is 6.05. The van der Waals surface area contributed by atoms with Gasteiger partial charge in [-0.2, -0.15) is 0 Å². The molecule has 2 amide bonds. The predicted molar refractivity (Wildman–Crippen MR) is 146 cm³/mol. The lowest BCUT2D eigenvalue weighted by Gasteiger charge is -2.35. The Morgan fingerprint density at radius 1 is 1.03 bits per heavy atom. The van der Waals surface area contributed by atoms with Gasteiger partial charge in [0.05, 0.1) is 18.0 Å². The standard InChI is InChI=1S/C27H35ClN4O4S/c1-31-15-5-8-25(31)26(33)29-24(18-19-9-11-21(28)12-10-19)27(34)32-16-13-20(14-17-32)22-6-3-4-7-23(22)30-37(2,35)36/h3-4,6-7,9-12,20,24-25,30H,5,8,13-18H2,1-2H3,(H,29,33)/t24-,25+/m1/s1. The number of likely N-dealkylation sites (N-methyl/N-ethyl adjacent to an activating group) is 1. The SMILES string of the molecule is CN1CCC[C@H]1C(=O)N[C@H](Cc1ccc(Cl)cc1)C(=O)N1CCC(c2ccccc2NS(C)(=O)=O)CC1. The lowest BCUT2D eigenvalue weighted by molar-refractivity contribution is -0.138. The molecular formula is C27H35ClN4O4S. The predicted octanol–water partition coefficient (Wildman–Crippen LogP) is 3.24. The molecule has 2 fully saturated rings. The number of sulfonamides is 1. The molecule has 37 heavy (non-hydrogen) atoms. The van der Waals surface area contributed by atoms with Crippen molar-refractivity contribution in [3.8, 4) is 0 Å². The van der Waals surface area contributed by atoms with Crippen LogP contribution in [0.25, 0.3) is 0 Å². The summed E-state index contributed by atoms with van der Waals surface area (Å²) in [6, 6.07) is 13.9. The molecule has 2 atom stereocenters. The van der Waals surface area contributed by atoms with Crippen molar-refractivity contribution in [2.45, 2.75) is 50.1 Å². The van der Waals surface area contributed by atoms with Gasteiger partial charge in [0.1, 0.15) is 6.04 Å². The van der Waals surface area contributed by atoms with E-state index in [1.54, 1.807) is 18.2 Å². The van der Waals surface area contributed by atoms with Crippen molar-refractivity contribution >= 4 is 39.1 Å². The molecule has 0 spiro atoms. The highest BCUT2D eigenvalue weighted by Crippen LogP contribution is 2.33. The Morgan fingerprint density at radius 3 is 2.32 bits per heavy atom.